The first-order chi connectivity index (χ1) is 12.7. The molecule has 0 aliphatic rings. The third-order valence-electron chi connectivity index (χ3n) is 5.22. The lowest BCUT2D eigenvalue weighted by molar-refractivity contribution is 0.0509. The van der Waals surface area contributed by atoms with Gasteiger partial charge in [0.15, 0.2) is 0 Å². The number of rotatable bonds is 16. The number of hydrogen-bond donors (Lipinski definition) is 3. The van der Waals surface area contributed by atoms with Crippen LogP contribution in [0.3, 0.4) is 0 Å². The van der Waals surface area contributed by atoms with E-state index < -0.39 is 7.82 Å². The minimum Gasteiger partial charge on any atom is -0.303 e. The van der Waals surface area contributed by atoms with Crippen LogP contribution in [0.2, 0.25) is 0 Å². The van der Waals surface area contributed by atoms with Crippen molar-refractivity contribution in [1.82, 2.24) is 4.90 Å². The molecule has 6 heteroatoms. The normalized spacial score (nSPS) is 12.2. The van der Waals surface area contributed by atoms with Crippen LogP contribution in [0.1, 0.15) is 118 Å². The smallest absolute Gasteiger partial charge is 0.303 e. The van der Waals surface area contributed by atoms with Crippen LogP contribution in [0.15, 0.2) is 0 Å². The molecule has 0 aromatic heterocycles. The minimum absolute atomic E-state index is 0.506. The van der Waals surface area contributed by atoms with Crippen molar-refractivity contribution in [1.29, 1.82) is 0 Å². The first-order valence-electron chi connectivity index (χ1n) is 11.2. The van der Waals surface area contributed by atoms with Gasteiger partial charge in [0.25, 0.3) is 0 Å². The highest BCUT2D eigenvalue weighted by atomic mass is 31.2. The number of nitrogens with zero attached hydrogens (tertiary/aromatic N) is 1. The summed E-state index contributed by atoms with van der Waals surface area (Å²) in [4.78, 5) is 24.5. The quantitative estimate of drug-likeness (QED) is 0.262. The van der Waals surface area contributed by atoms with Crippen LogP contribution < -0.4 is 0 Å². The van der Waals surface area contributed by atoms with E-state index in [4.69, 9.17) is 19.2 Å². The lowest BCUT2D eigenvalue weighted by atomic mass is 9.80. The molecule has 0 heterocycles. The van der Waals surface area contributed by atoms with E-state index in [0.717, 1.165) is 0 Å². The van der Waals surface area contributed by atoms with E-state index >= 15 is 0 Å². The van der Waals surface area contributed by atoms with Crippen molar-refractivity contribution in [3.63, 3.8) is 0 Å². The Morgan fingerprint density at radius 1 is 0.630 bits per heavy atom. The van der Waals surface area contributed by atoms with Gasteiger partial charge in [0.1, 0.15) is 0 Å². The Labute approximate surface area is 169 Å². The zero-order valence-corrected chi connectivity index (χ0v) is 19.6. The van der Waals surface area contributed by atoms with Gasteiger partial charge in [0.2, 0.25) is 0 Å². The largest absolute Gasteiger partial charge is 0.466 e. The summed E-state index contributed by atoms with van der Waals surface area (Å²) in [5.74, 6) is 0. The van der Waals surface area contributed by atoms with Crippen molar-refractivity contribution >= 4 is 7.82 Å². The van der Waals surface area contributed by atoms with Crippen molar-refractivity contribution in [3.05, 3.63) is 0 Å². The summed E-state index contributed by atoms with van der Waals surface area (Å²) in [7, 11) is -4.64. The third kappa shape index (κ3) is 17.9. The molecule has 0 radical (unpaired) electrons. The van der Waals surface area contributed by atoms with E-state index in [1.807, 2.05) is 0 Å². The Hall–Kier alpha value is 0.0700. The molecule has 3 N–H and O–H groups in total. The van der Waals surface area contributed by atoms with Gasteiger partial charge in [-0.1, -0.05) is 86.0 Å². The van der Waals surface area contributed by atoms with Gasteiger partial charge >= 0.3 is 7.82 Å². The van der Waals surface area contributed by atoms with E-state index in [0.29, 0.717) is 5.54 Å². The third-order valence-corrected chi connectivity index (χ3v) is 5.22. The summed E-state index contributed by atoms with van der Waals surface area (Å²) >= 11 is 0. The highest BCUT2D eigenvalue weighted by Crippen LogP contribution is 2.34. The molecular formula is C21H48NO4P. The summed E-state index contributed by atoms with van der Waals surface area (Å²) in [6, 6.07) is 0. The Morgan fingerprint density at radius 2 is 0.889 bits per heavy atom. The number of unbranched alkanes of at least 4 members (excludes halogenated alkanes) is 5. The van der Waals surface area contributed by atoms with Crippen LogP contribution in [-0.2, 0) is 4.57 Å². The summed E-state index contributed by atoms with van der Waals surface area (Å²) in [5.41, 5.74) is 0.506. The maximum absolute atomic E-state index is 8.88. The first-order valence-corrected chi connectivity index (χ1v) is 12.8. The van der Waals surface area contributed by atoms with Gasteiger partial charge in [-0.05, 0) is 45.2 Å². The molecule has 0 atom stereocenters. The molecule has 0 rings (SSSR count). The van der Waals surface area contributed by atoms with Gasteiger partial charge in [-0.25, -0.2) is 4.57 Å². The molecule has 0 bridgehead atoms. The van der Waals surface area contributed by atoms with Crippen LogP contribution in [0.5, 0.6) is 0 Å². The number of phosphoric acid groups is 1. The molecule has 0 amide bonds. The fourth-order valence-electron chi connectivity index (χ4n) is 3.65. The van der Waals surface area contributed by atoms with Gasteiger partial charge in [-0.2, -0.15) is 0 Å². The van der Waals surface area contributed by atoms with E-state index in [9.17, 15) is 0 Å². The van der Waals surface area contributed by atoms with Gasteiger partial charge in [-0.3, -0.25) is 4.90 Å². The Kier molecular flexibility index (Phi) is 19.6. The zero-order valence-electron chi connectivity index (χ0n) is 18.8. The molecule has 166 valence electrons. The molecule has 0 saturated heterocycles. The molecule has 0 aromatic rings. The predicted molar refractivity (Wildman–Crippen MR) is 117 cm³/mol. The highest BCUT2D eigenvalue weighted by Gasteiger charge is 2.34. The molecule has 0 spiro atoms. The second-order valence-corrected chi connectivity index (χ2v) is 8.77. The summed E-state index contributed by atoms with van der Waals surface area (Å²) < 4.78 is 8.88. The average molecular weight is 410 g/mol. The molecule has 27 heavy (non-hydrogen) atoms. The lowest BCUT2D eigenvalue weighted by Gasteiger charge is -2.45. The molecule has 5 nitrogen and oxygen atoms in total. The van der Waals surface area contributed by atoms with E-state index in [-0.39, 0.29) is 0 Å². The second-order valence-electron chi connectivity index (χ2n) is 7.74. The van der Waals surface area contributed by atoms with Gasteiger partial charge < -0.3 is 14.7 Å². The molecule has 0 fully saturated rings. The van der Waals surface area contributed by atoms with Crippen molar-refractivity contribution in [2.75, 3.05) is 13.1 Å². The average Bonchev–Trinajstić information content (AvgIpc) is 2.60. The van der Waals surface area contributed by atoms with Crippen LogP contribution in [0.4, 0.5) is 0 Å². The van der Waals surface area contributed by atoms with E-state index in [2.05, 4.69) is 39.5 Å². The summed E-state index contributed by atoms with van der Waals surface area (Å²) in [6.07, 6.45) is 17.9. The fourth-order valence-corrected chi connectivity index (χ4v) is 3.65. The summed E-state index contributed by atoms with van der Waals surface area (Å²) in [6.45, 7) is 14.4. The minimum atomic E-state index is -4.64. The van der Waals surface area contributed by atoms with Crippen molar-refractivity contribution in [3.8, 4) is 0 Å². The second kappa shape index (κ2) is 18.1. The molecule has 0 saturated carbocycles. The van der Waals surface area contributed by atoms with Crippen LogP contribution in [0, 0.1) is 0 Å². The Morgan fingerprint density at radius 3 is 1.11 bits per heavy atom. The van der Waals surface area contributed by atoms with Gasteiger partial charge in [0, 0.05) is 5.54 Å². The highest BCUT2D eigenvalue weighted by molar-refractivity contribution is 7.45. The maximum atomic E-state index is 8.88. The zero-order chi connectivity index (χ0) is 21.2. The SMILES string of the molecule is CCCCN(CCCC)C(CCCC)(CCCC)CCCC.O=P(O)(O)O. The van der Waals surface area contributed by atoms with Crippen molar-refractivity contribution in [2.45, 2.75) is 124 Å². The van der Waals surface area contributed by atoms with E-state index in [1.54, 1.807) is 0 Å². The first kappa shape index (κ1) is 29.3. The van der Waals surface area contributed by atoms with Crippen LogP contribution in [-0.4, -0.2) is 38.2 Å². The van der Waals surface area contributed by atoms with Gasteiger partial charge in [0.05, 0.1) is 0 Å². The molecule has 0 unspecified atom stereocenters. The molecular weight excluding hydrogens is 361 g/mol. The van der Waals surface area contributed by atoms with E-state index in [1.165, 1.54) is 96.6 Å². The molecule has 0 aromatic carbocycles. The van der Waals surface area contributed by atoms with Crippen LogP contribution >= 0.6 is 7.82 Å². The fraction of sp³-hybridized carbons (Fsp3) is 1.00. The Balaban J connectivity index is 0. The molecule has 0 aliphatic heterocycles. The Bertz CT molecular complexity index is 322. The summed E-state index contributed by atoms with van der Waals surface area (Å²) in [5, 5.41) is 0. The lowest BCUT2D eigenvalue weighted by Crippen LogP contribution is -2.49. The van der Waals surface area contributed by atoms with Gasteiger partial charge in [-0.15, -0.1) is 0 Å². The number of hydrogen-bond acceptors (Lipinski definition) is 2. The van der Waals surface area contributed by atoms with Crippen molar-refractivity contribution in [2.24, 2.45) is 0 Å². The topological polar surface area (TPSA) is 81.0 Å². The monoisotopic (exact) mass is 409 g/mol. The van der Waals surface area contributed by atoms with Crippen molar-refractivity contribution < 1.29 is 19.2 Å². The molecule has 0 aliphatic carbocycles. The van der Waals surface area contributed by atoms with Crippen LogP contribution in [0.25, 0.3) is 0 Å². The maximum Gasteiger partial charge on any atom is 0.466 e. The predicted octanol–water partition coefficient (Wildman–Crippen LogP) is 6.27. The standard InChI is InChI=1S/C21H45N.H3O4P/c1-6-11-16-21(17-12-7-2,18-13-8-3)22(19-14-9-4)20-15-10-5;1-5(2,3)4/h6-20H2,1-5H3;(H3,1,2,3,4).